The Labute approximate surface area is 151 Å². The minimum atomic E-state index is -0.280. The number of nitrogen functional groups attached to an aromatic ring is 1. The highest BCUT2D eigenvalue weighted by atomic mass is 19.1. The Hall–Kier alpha value is -2.60. The minimum Gasteiger partial charge on any atom is -0.397 e. The summed E-state index contributed by atoms with van der Waals surface area (Å²) in [5.74, 6) is -0.280. The number of hydrogen-bond acceptors (Lipinski definition) is 3. The Bertz CT molecular complexity index is 808. The maximum absolute atomic E-state index is 13.1. The van der Waals surface area contributed by atoms with Gasteiger partial charge in [0.2, 0.25) is 0 Å². The lowest BCUT2D eigenvalue weighted by molar-refractivity contribution is -0.135. The van der Waals surface area contributed by atoms with Crippen LogP contribution in [0, 0.1) is 11.2 Å². The maximum Gasteiger partial charge on any atom is 0.321 e. The molecule has 0 aromatic heterocycles. The van der Waals surface area contributed by atoms with E-state index in [0.29, 0.717) is 11.4 Å². The predicted molar refractivity (Wildman–Crippen MR) is 99.3 cm³/mol. The molecule has 2 saturated heterocycles. The first kappa shape index (κ1) is 16.8. The third kappa shape index (κ3) is 3.24. The van der Waals surface area contributed by atoms with E-state index >= 15 is 0 Å². The number of carbonyl (C=O) groups excluding carboxylic acids is 1. The number of likely N-dealkylation sites (tertiary alicyclic amines) is 1. The molecule has 2 heterocycles. The first-order valence-electron chi connectivity index (χ1n) is 8.84. The lowest BCUT2D eigenvalue weighted by atomic mass is 9.77. The van der Waals surface area contributed by atoms with Gasteiger partial charge in [0.25, 0.3) is 0 Å². The second kappa shape index (κ2) is 6.61. The van der Waals surface area contributed by atoms with Crippen molar-refractivity contribution in [3.05, 3.63) is 48.3 Å². The Morgan fingerprint density at radius 2 is 1.73 bits per heavy atom. The normalized spacial score (nSPS) is 18.4. The molecule has 4 rings (SSSR count). The number of anilines is 2. The van der Waals surface area contributed by atoms with E-state index in [1.807, 2.05) is 17.0 Å². The summed E-state index contributed by atoms with van der Waals surface area (Å²) in [5, 5.41) is 2.92. The molecule has 26 heavy (non-hydrogen) atoms. The summed E-state index contributed by atoms with van der Waals surface area (Å²) in [6.07, 6.45) is 1.96. The second-order valence-corrected chi connectivity index (χ2v) is 7.22. The van der Waals surface area contributed by atoms with E-state index in [4.69, 9.17) is 10.5 Å². The van der Waals surface area contributed by atoms with Crippen molar-refractivity contribution < 1.29 is 13.9 Å². The fraction of sp³-hybridized carbons (Fsp3) is 0.350. The highest BCUT2D eigenvalue weighted by Crippen LogP contribution is 2.38. The van der Waals surface area contributed by atoms with E-state index in [-0.39, 0.29) is 17.3 Å². The molecule has 2 aliphatic heterocycles. The zero-order valence-corrected chi connectivity index (χ0v) is 14.5. The first-order valence-corrected chi connectivity index (χ1v) is 8.84. The van der Waals surface area contributed by atoms with Crippen LogP contribution >= 0.6 is 0 Å². The SMILES string of the molecule is Nc1ccc(-c2ccc(F)cc2)cc1NC(=O)N1CCC2(CC1)COC2. The van der Waals surface area contributed by atoms with E-state index in [2.05, 4.69) is 5.32 Å². The molecule has 2 amide bonds. The van der Waals surface area contributed by atoms with Crippen LogP contribution in [0.25, 0.3) is 11.1 Å². The van der Waals surface area contributed by atoms with Crippen LogP contribution in [-0.4, -0.2) is 37.2 Å². The van der Waals surface area contributed by atoms with Gasteiger partial charge in [-0.25, -0.2) is 9.18 Å². The number of nitrogens with two attached hydrogens (primary N) is 1. The molecule has 5 nitrogen and oxygen atoms in total. The fourth-order valence-electron chi connectivity index (χ4n) is 3.54. The van der Waals surface area contributed by atoms with Gasteiger partial charge >= 0.3 is 6.03 Å². The fourth-order valence-corrected chi connectivity index (χ4v) is 3.54. The van der Waals surface area contributed by atoms with Crippen molar-refractivity contribution in [1.82, 2.24) is 4.90 Å². The lowest BCUT2D eigenvalue weighted by Gasteiger charge is -2.47. The van der Waals surface area contributed by atoms with Crippen molar-refractivity contribution in [3.8, 4) is 11.1 Å². The molecule has 0 bridgehead atoms. The van der Waals surface area contributed by atoms with Crippen LogP contribution in [0.4, 0.5) is 20.6 Å². The van der Waals surface area contributed by atoms with Crippen LogP contribution in [0.2, 0.25) is 0 Å². The molecule has 2 aromatic carbocycles. The van der Waals surface area contributed by atoms with E-state index in [0.717, 1.165) is 50.3 Å². The average molecular weight is 355 g/mol. The molecule has 1 spiro atoms. The molecule has 2 aromatic rings. The van der Waals surface area contributed by atoms with E-state index < -0.39 is 0 Å². The van der Waals surface area contributed by atoms with E-state index in [1.54, 1.807) is 18.2 Å². The second-order valence-electron chi connectivity index (χ2n) is 7.22. The molecule has 2 fully saturated rings. The van der Waals surface area contributed by atoms with Gasteiger partial charge in [-0.3, -0.25) is 0 Å². The molecule has 6 heteroatoms. The molecular formula is C20H22FN3O2. The Morgan fingerprint density at radius 1 is 1.08 bits per heavy atom. The van der Waals surface area contributed by atoms with Crippen molar-refractivity contribution in [1.29, 1.82) is 0 Å². The third-order valence-corrected chi connectivity index (χ3v) is 5.40. The Balaban J connectivity index is 1.46. The lowest BCUT2D eigenvalue weighted by Crippen LogP contribution is -2.52. The number of nitrogens with one attached hydrogen (secondary N) is 1. The number of halogens is 1. The number of urea groups is 1. The van der Waals surface area contributed by atoms with Gasteiger partial charge in [0, 0.05) is 18.5 Å². The number of hydrogen-bond donors (Lipinski definition) is 2. The number of benzene rings is 2. The van der Waals surface area contributed by atoms with Crippen molar-refractivity contribution in [2.45, 2.75) is 12.8 Å². The molecule has 136 valence electrons. The van der Waals surface area contributed by atoms with Gasteiger partial charge in [-0.1, -0.05) is 18.2 Å². The van der Waals surface area contributed by atoms with Crippen LogP contribution < -0.4 is 11.1 Å². The molecule has 2 aliphatic rings. The molecule has 0 unspecified atom stereocenters. The average Bonchev–Trinajstić information content (AvgIpc) is 2.63. The molecule has 0 aliphatic carbocycles. The topological polar surface area (TPSA) is 67.6 Å². The molecule has 3 N–H and O–H groups in total. The molecular weight excluding hydrogens is 333 g/mol. The van der Waals surface area contributed by atoms with Crippen molar-refractivity contribution in [3.63, 3.8) is 0 Å². The van der Waals surface area contributed by atoms with Crippen LogP contribution in [0.3, 0.4) is 0 Å². The van der Waals surface area contributed by atoms with Crippen molar-refractivity contribution in [2.24, 2.45) is 5.41 Å². The van der Waals surface area contributed by atoms with Gasteiger partial charge in [0.1, 0.15) is 5.82 Å². The zero-order chi connectivity index (χ0) is 18.1. The molecule has 0 radical (unpaired) electrons. The first-order chi connectivity index (χ1) is 12.5. The number of piperidine rings is 1. The van der Waals surface area contributed by atoms with Gasteiger partial charge in [-0.15, -0.1) is 0 Å². The van der Waals surface area contributed by atoms with Crippen LogP contribution in [0.5, 0.6) is 0 Å². The van der Waals surface area contributed by atoms with Gasteiger partial charge < -0.3 is 20.7 Å². The summed E-state index contributed by atoms with van der Waals surface area (Å²) in [4.78, 5) is 14.4. The van der Waals surface area contributed by atoms with E-state index in [1.165, 1.54) is 12.1 Å². The zero-order valence-electron chi connectivity index (χ0n) is 14.5. The predicted octanol–water partition coefficient (Wildman–Crippen LogP) is 3.72. The van der Waals surface area contributed by atoms with Crippen LogP contribution in [0.1, 0.15) is 12.8 Å². The van der Waals surface area contributed by atoms with Gasteiger partial charge in [0.15, 0.2) is 0 Å². The van der Waals surface area contributed by atoms with Crippen molar-refractivity contribution >= 4 is 17.4 Å². The molecule has 0 saturated carbocycles. The Morgan fingerprint density at radius 3 is 2.35 bits per heavy atom. The standard InChI is InChI=1S/C20H22FN3O2/c21-16-4-1-14(2-5-16)15-3-6-17(22)18(11-15)23-19(25)24-9-7-20(8-10-24)12-26-13-20/h1-6,11H,7-10,12-13,22H2,(H,23,25). The van der Waals surface area contributed by atoms with Gasteiger partial charge in [-0.2, -0.15) is 0 Å². The largest absolute Gasteiger partial charge is 0.397 e. The van der Waals surface area contributed by atoms with Gasteiger partial charge in [-0.05, 0) is 48.2 Å². The highest BCUT2D eigenvalue weighted by molar-refractivity contribution is 5.94. The smallest absolute Gasteiger partial charge is 0.321 e. The van der Waals surface area contributed by atoms with E-state index in [9.17, 15) is 9.18 Å². The number of carbonyl (C=O) groups is 1. The third-order valence-electron chi connectivity index (χ3n) is 5.40. The van der Waals surface area contributed by atoms with Crippen LogP contribution in [-0.2, 0) is 4.74 Å². The number of ether oxygens (including phenoxy) is 1. The maximum atomic E-state index is 13.1. The summed E-state index contributed by atoms with van der Waals surface area (Å²) >= 11 is 0. The Kier molecular flexibility index (Phi) is 4.28. The summed E-state index contributed by atoms with van der Waals surface area (Å²) in [6, 6.07) is 11.5. The number of amides is 2. The summed E-state index contributed by atoms with van der Waals surface area (Å²) in [6.45, 7) is 3.09. The highest BCUT2D eigenvalue weighted by Gasteiger charge is 2.42. The van der Waals surface area contributed by atoms with Gasteiger partial charge in [0.05, 0.1) is 24.6 Å². The molecule has 0 atom stereocenters. The number of nitrogens with zero attached hydrogens (tertiary/aromatic N) is 1. The summed E-state index contributed by atoms with van der Waals surface area (Å²) < 4.78 is 18.4. The van der Waals surface area contributed by atoms with Crippen LogP contribution in [0.15, 0.2) is 42.5 Å². The summed E-state index contributed by atoms with van der Waals surface area (Å²) in [5.41, 5.74) is 9.14. The monoisotopic (exact) mass is 355 g/mol. The summed E-state index contributed by atoms with van der Waals surface area (Å²) in [7, 11) is 0. The van der Waals surface area contributed by atoms with Crippen molar-refractivity contribution in [2.75, 3.05) is 37.4 Å². The quantitative estimate of drug-likeness (QED) is 0.807. The number of rotatable bonds is 2. The minimum absolute atomic E-state index is 0.136.